The second-order valence-corrected chi connectivity index (χ2v) is 5.22. The zero-order valence-electron chi connectivity index (χ0n) is 10.9. The number of hydrogen-bond donors (Lipinski definition) is 1. The Balaban J connectivity index is 2.27. The molecular formula is C14H27NO. The fraction of sp³-hybridized carbons (Fsp3) is 0.929. The van der Waals surface area contributed by atoms with Crippen LogP contribution in [0.1, 0.15) is 65.2 Å². The summed E-state index contributed by atoms with van der Waals surface area (Å²) in [5, 5.41) is 3.04. The predicted octanol–water partition coefficient (Wildman–Crippen LogP) is 3.51. The van der Waals surface area contributed by atoms with Gasteiger partial charge in [0.1, 0.15) is 0 Å². The van der Waals surface area contributed by atoms with E-state index in [0.29, 0.717) is 11.8 Å². The maximum Gasteiger partial charge on any atom is 0.223 e. The number of amides is 1. The van der Waals surface area contributed by atoms with Crippen LogP contribution in [0.25, 0.3) is 0 Å². The summed E-state index contributed by atoms with van der Waals surface area (Å²) in [5.74, 6) is 1.15. The first-order chi connectivity index (χ1) is 7.75. The van der Waals surface area contributed by atoms with Crippen molar-refractivity contribution in [1.82, 2.24) is 5.32 Å². The lowest BCUT2D eigenvalue weighted by molar-refractivity contribution is -0.126. The monoisotopic (exact) mass is 225 g/mol. The van der Waals surface area contributed by atoms with Crippen LogP contribution in [0, 0.1) is 11.8 Å². The van der Waals surface area contributed by atoms with Crippen LogP contribution in [0.5, 0.6) is 0 Å². The Bertz CT molecular complexity index is 203. The van der Waals surface area contributed by atoms with Crippen molar-refractivity contribution in [2.75, 3.05) is 6.54 Å². The highest BCUT2D eigenvalue weighted by atomic mass is 16.1. The van der Waals surface area contributed by atoms with Gasteiger partial charge < -0.3 is 5.32 Å². The maximum absolute atomic E-state index is 11.8. The van der Waals surface area contributed by atoms with E-state index in [4.69, 9.17) is 0 Å². The number of carbonyl (C=O) groups is 1. The summed E-state index contributed by atoms with van der Waals surface area (Å²) in [6.07, 6.45) is 9.93. The van der Waals surface area contributed by atoms with Crippen LogP contribution < -0.4 is 5.32 Å². The highest BCUT2D eigenvalue weighted by Crippen LogP contribution is 2.25. The highest BCUT2D eigenvalue weighted by molar-refractivity contribution is 5.79. The van der Waals surface area contributed by atoms with E-state index in [1.165, 1.54) is 38.5 Å². The number of unbranched alkanes of at least 4 members (excludes halogenated alkanes) is 3. The van der Waals surface area contributed by atoms with Gasteiger partial charge in [-0.1, -0.05) is 46.0 Å². The molecule has 1 aliphatic rings. The third kappa shape index (κ3) is 4.54. The van der Waals surface area contributed by atoms with Gasteiger partial charge in [0.25, 0.3) is 0 Å². The van der Waals surface area contributed by atoms with E-state index in [1.807, 2.05) is 0 Å². The minimum Gasteiger partial charge on any atom is -0.356 e. The van der Waals surface area contributed by atoms with E-state index in [1.54, 1.807) is 0 Å². The van der Waals surface area contributed by atoms with Crippen LogP contribution in [-0.4, -0.2) is 12.5 Å². The molecule has 1 aliphatic heterocycles. The van der Waals surface area contributed by atoms with Crippen molar-refractivity contribution in [3.8, 4) is 0 Å². The SMILES string of the molecule is CCCCCCC(C)C1CCCCNC1=O. The number of nitrogens with one attached hydrogen (secondary N) is 1. The quantitative estimate of drug-likeness (QED) is 0.689. The molecule has 1 N–H and O–H groups in total. The average Bonchev–Trinajstić information content (AvgIpc) is 2.49. The van der Waals surface area contributed by atoms with E-state index < -0.39 is 0 Å². The first-order valence-corrected chi connectivity index (χ1v) is 7.03. The van der Waals surface area contributed by atoms with Crippen molar-refractivity contribution in [3.63, 3.8) is 0 Å². The molecule has 1 rings (SSSR count). The fourth-order valence-corrected chi connectivity index (χ4v) is 2.60. The normalized spacial score (nSPS) is 23.6. The predicted molar refractivity (Wildman–Crippen MR) is 68.3 cm³/mol. The van der Waals surface area contributed by atoms with Crippen molar-refractivity contribution in [1.29, 1.82) is 0 Å². The summed E-state index contributed by atoms with van der Waals surface area (Å²) in [6, 6.07) is 0. The van der Waals surface area contributed by atoms with Gasteiger partial charge in [0.15, 0.2) is 0 Å². The molecule has 0 spiro atoms. The Morgan fingerprint density at radius 2 is 2.12 bits per heavy atom. The van der Waals surface area contributed by atoms with Crippen LogP contribution >= 0.6 is 0 Å². The van der Waals surface area contributed by atoms with Gasteiger partial charge >= 0.3 is 0 Å². The smallest absolute Gasteiger partial charge is 0.223 e. The van der Waals surface area contributed by atoms with E-state index in [2.05, 4.69) is 19.2 Å². The third-order valence-electron chi connectivity index (χ3n) is 3.78. The molecule has 0 aliphatic carbocycles. The van der Waals surface area contributed by atoms with Crippen LogP contribution in [-0.2, 0) is 4.79 Å². The van der Waals surface area contributed by atoms with Gasteiger partial charge in [-0.25, -0.2) is 0 Å². The number of carbonyl (C=O) groups excluding carboxylic acids is 1. The minimum atomic E-state index is 0.282. The molecule has 16 heavy (non-hydrogen) atoms. The molecule has 2 unspecified atom stereocenters. The molecule has 1 saturated heterocycles. The standard InChI is InChI=1S/C14H27NO/c1-3-4-5-6-9-12(2)13-10-7-8-11-15-14(13)16/h12-13H,3-11H2,1-2H3,(H,15,16). The molecule has 0 radical (unpaired) electrons. The lowest BCUT2D eigenvalue weighted by atomic mass is 9.85. The molecule has 1 fully saturated rings. The van der Waals surface area contributed by atoms with Crippen molar-refractivity contribution in [2.45, 2.75) is 65.2 Å². The Hall–Kier alpha value is -0.530. The van der Waals surface area contributed by atoms with Crippen molar-refractivity contribution >= 4 is 5.91 Å². The van der Waals surface area contributed by atoms with Gasteiger partial charge in [-0.2, -0.15) is 0 Å². The molecule has 0 bridgehead atoms. The molecule has 0 aromatic carbocycles. The summed E-state index contributed by atoms with van der Waals surface area (Å²) >= 11 is 0. The van der Waals surface area contributed by atoms with Crippen LogP contribution in [0.2, 0.25) is 0 Å². The van der Waals surface area contributed by atoms with E-state index >= 15 is 0 Å². The van der Waals surface area contributed by atoms with Gasteiger partial charge in [0.2, 0.25) is 5.91 Å². The highest BCUT2D eigenvalue weighted by Gasteiger charge is 2.25. The molecule has 2 heteroatoms. The molecule has 0 aromatic rings. The molecule has 2 nitrogen and oxygen atoms in total. The maximum atomic E-state index is 11.8. The van der Waals surface area contributed by atoms with Gasteiger partial charge in [-0.3, -0.25) is 4.79 Å². The lowest BCUT2D eigenvalue weighted by Crippen LogP contribution is -2.32. The molecular weight excluding hydrogens is 198 g/mol. The summed E-state index contributed by atoms with van der Waals surface area (Å²) in [4.78, 5) is 11.8. The summed E-state index contributed by atoms with van der Waals surface area (Å²) in [7, 11) is 0. The summed E-state index contributed by atoms with van der Waals surface area (Å²) < 4.78 is 0. The Kier molecular flexibility index (Phi) is 6.51. The van der Waals surface area contributed by atoms with Crippen molar-refractivity contribution in [3.05, 3.63) is 0 Å². The zero-order valence-corrected chi connectivity index (χ0v) is 10.9. The molecule has 0 aromatic heterocycles. The fourth-order valence-electron chi connectivity index (χ4n) is 2.60. The van der Waals surface area contributed by atoms with Gasteiger partial charge in [0, 0.05) is 12.5 Å². The zero-order chi connectivity index (χ0) is 11.8. The Morgan fingerprint density at radius 3 is 2.88 bits per heavy atom. The van der Waals surface area contributed by atoms with E-state index in [0.717, 1.165) is 19.4 Å². The molecule has 0 saturated carbocycles. The van der Waals surface area contributed by atoms with E-state index in [-0.39, 0.29) is 5.92 Å². The second kappa shape index (κ2) is 7.70. The third-order valence-corrected chi connectivity index (χ3v) is 3.78. The minimum absolute atomic E-state index is 0.282. The first kappa shape index (κ1) is 13.5. The van der Waals surface area contributed by atoms with Gasteiger partial charge in [-0.05, 0) is 25.2 Å². The average molecular weight is 225 g/mol. The van der Waals surface area contributed by atoms with Gasteiger partial charge in [0.05, 0.1) is 0 Å². The van der Waals surface area contributed by atoms with E-state index in [9.17, 15) is 4.79 Å². The molecule has 94 valence electrons. The van der Waals surface area contributed by atoms with Crippen LogP contribution in [0.3, 0.4) is 0 Å². The number of rotatable bonds is 6. The molecule has 1 amide bonds. The Morgan fingerprint density at radius 1 is 1.31 bits per heavy atom. The summed E-state index contributed by atoms with van der Waals surface area (Å²) in [5.41, 5.74) is 0. The van der Waals surface area contributed by atoms with Crippen LogP contribution in [0.4, 0.5) is 0 Å². The second-order valence-electron chi connectivity index (χ2n) is 5.22. The van der Waals surface area contributed by atoms with Crippen molar-refractivity contribution < 1.29 is 4.79 Å². The topological polar surface area (TPSA) is 29.1 Å². The summed E-state index contributed by atoms with van der Waals surface area (Å²) in [6.45, 7) is 5.38. The molecule has 1 heterocycles. The largest absolute Gasteiger partial charge is 0.356 e. The van der Waals surface area contributed by atoms with Crippen LogP contribution in [0.15, 0.2) is 0 Å². The van der Waals surface area contributed by atoms with Gasteiger partial charge in [-0.15, -0.1) is 0 Å². The lowest BCUT2D eigenvalue weighted by Gasteiger charge is -2.20. The molecule has 2 atom stereocenters. The Labute approximate surface area is 100 Å². The first-order valence-electron chi connectivity index (χ1n) is 7.03. The van der Waals surface area contributed by atoms with Crippen molar-refractivity contribution in [2.24, 2.45) is 11.8 Å². The number of hydrogen-bond acceptors (Lipinski definition) is 1.